The SMILES string of the molecule is CC(Sc1nncn1C)C(=O)N(C)C1CCS(=O)(=O)C1. The fourth-order valence-electron chi connectivity index (χ4n) is 2.14. The van der Waals surface area contributed by atoms with Gasteiger partial charge in [0.2, 0.25) is 5.91 Å². The average molecular weight is 318 g/mol. The monoisotopic (exact) mass is 318 g/mol. The van der Waals surface area contributed by atoms with E-state index in [4.69, 9.17) is 0 Å². The minimum atomic E-state index is -2.98. The second-order valence-corrected chi connectivity index (χ2v) is 8.53. The Morgan fingerprint density at radius 1 is 1.60 bits per heavy atom. The normalized spacial score (nSPS) is 22.6. The largest absolute Gasteiger partial charge is 0.341 e. The predicted molar refractivity (Wildman–Crippen MR) is 76.2 cm³/mol. The summed E-state index contributed by atoms with van der Waals surface area (Å²) in [5.41, 5.74) is 0. The van der Waals surface area contributed by atoms with Gasteiger partial charge in [-0.3, -0.25) is 4.79 Å². The van der Waals surface area contributed by atoms with E-state index in [-0.39, 0.29) is 28.7 Å². The van der Waals surface area contributed by atoms with Crippen LogP contribution in [0.3, 0.4) is 0 Å². The third kappa shape index (κ3) is 3.32. The van der Waals surface area contributed by atoms with Crippen molar-refractivity contribution in [3.05, 3.63) is 6.33 Å². The van der Waals surface area contributed by atoms with E-state index in [0.29, 0.717) is 11.6 Å². The first kappa shape index (κ1) is 15.3. The van der Waals surface area contributed by atoms with E-state index < -0.39 is 9.84 Å². The molecular formula is C11H18N4O3S2. The molecule has 0 radical (unpaired) electrons. The van der Waals surface area contributed by atoms with Crippen molar-refractivity contribution in [3.63, 3.8) is 0 Å². The van der Waals surface area contributed by atoms with E-state index in [1.807, 2.05) is 7.05 Å². The zero-order valence-corrected chi connectivity index (χ0v) is 13.3. The van der Waals surface area contributed by atoms with Gasteiger partial charge in [0.1, 0.15) is 6.33 Å². The van der Waals surface area contributed by atoms with Gasteiger partial charge in [-0.25, -0.2) is 8.42 Å². The van der Waals surface area contributed by atoms with E-state index in [0.717, 1.165) is 0 Å². The lowest BCUT2D eigenvalue weighted by Gasteiger charge is -2.26. The molecule has 1 aromatic rings. The third-order valence-electron chi connectivity index (χ3n) is 3.40. The molecule has 0 spiro atoms. The summed E-state index contributed by atoms with van der Waals surface area (Å²) in [7, 11) is 0.497. The number of thioether (sulfide) groups is 1. The maximum Gasteiger partial charge on any atom is 0.235 e. The van der Waals surface area contributed by atoms with Crippen molar-refractivity contribution in [2.24, 2.45) is 7.05 Å². The van der Waals surface area contributed by atoms with Crippen LogP contribution in [-0.2, 0) is 21.7 Å². The highest BCUT2D eigenvalue weighted by Gasteiger charge is 2.34. The van der Waals surface area contributed by atoms with Gasteiger partial charge in [0, 0.05) is 20.1 Å². The molecule has 0 N–H and O–H groups in total. The summed E-state index contributed by atoms with van der Waals surface area (Å²) in [6, 6.07) is -0.213. The van der Waals surface area contributed by atoms with Crippen LogP contribution in [0.2, 0.25) is 0 Å². The summed E-state index contributed by atoms with van der Waals surface area (Å²) in [6.07, 6.45) is 2.10. The fraction of sp³-hybridized carbons (Fsp3) is 0.727. The molecule has 1 amide bonds. The lowest BCUT2D eigenvalue weighted by atomic mass is 10.2. The molecule has 112 valence electrons. The average Bonchev–Trinajstić information content (AvgIpc) is 2.94. The molecule has 1 fully saturated rings. The first-order chi connectivity index (χ1) is 9.30. The van der Waals surface area contributed by atoms with Gasteiger partial charge in [0.25, 0.3) is 0 Å². The molecular weight excluding hydrogens is 300 g/mol. The van der Waals surface area contributed by atoms with Gasteiger partial charge in [-0.2, -0.15) is 0 Å². The van der Waals surface area contributed by atoms with E-state index in [1.54, 1.807) is 29.8 Å². The van der Waals surface area contributed by atoms with Crippen molar-refractivity contribution < 1.29 is 13.2 Å². The van der Waals surface area contributed by atoms with Crippen molar-refractivity contribution in [2.75, 3.05) is 18.6 Å². The number of rotatable bonds is 4. The van der Waals surface area contributed by atoms with Crippen molar-refractivity contribution in [2.45, 2.75) is 29.8 Å². The Hall–Kier alpha value is -1.09. The summed E-state index contributed by atoms with van der Waals surface area (Å²) >= 11 is 1.32. The smallest absolute Gasteiger partial charge is 0.235 e. The van der Waals surface area contributed by atoms with Gasteiger partial charge < -0.3 is 9.47 Å². The van der Waals surface area contributed by atoms with E-state index in [9.17, 15) is 13.2 Å². The molecule has 1 aliphatic heterocycles. The van der Waals surface area contributed by atoms with E-state index >= 15 is 0 Å². The van der Waals surface area contributed by atoms with Gasteiger partial charge in [-0.1, -0.05) is 11.8 Å². The lowest BCUT2D eigenvalue weighted by Crippen LogP contribution is -2.41. The number of aromatic nitrogens is 3. The minimum absolute atomic E-state index is 0.0661. The lowest BCUT2D eigenvalue weighted by molar-refractivity contribution is -0.130. The molecule has 7 nitrogen and oxygen atoms in total. The van der Waals surface area contributed by atoms with Crippen LogP contribution in [0.15, 0.2) is 11.5 Å². The quantitative estimate of drug-likeness (QED) is 0.723. The van der Waals surface area contributed by atoms with Gasteiger partial charge in [-0.05, 0) is 13.3 Å². The second kappa shape index (κ2) is 5.72. The highest BCUT2D eigenvalue weighted by atomic mass is 32.2. The summed E-state index contributed by atoms with van der Waals surface area (Å²) < 4.78 is 24.7. The molecule has 0 aromatic carbocycles. The standard InChI is InChI=1S/C11H18N4O3S2/c1-8(19-11-13-12-7-14(11)2)10(16)15(3)9-4-5-20(17,18)6-9/h7-9H,4-6H2,1-3H3. The number of hydrogen-bond donors (Lipinski definition) is 0. The topological polar surface area (TPSA) is 85.2 Å². The highest BCUT2D eigenvalue weighted by molar-refractivity contribution is 8.00. The highest BCUT2D eigenvalue weighted by Crippen LogP contribution is 2.24. The molecule has 0 saturated carbocycles. The number of amides is 1. The van der Waals surface area contributed by atoms with Gasteiger partial charge in [0.15, 0.2) is 15.0 Å². The zero-order chi connectivity index (χ0) is 14.9. The van der Waals surface area contributed by atoms with Crippen LogP contribution >= 0.6 is 11.8 Å². The van der Waals surface area contributed by atoms with Crippen LogP contribution in [0.25, 0.3) is 0 Å². The Labute approximate surface area is 122 Å². The number of aryl methyl sites for hydroxylation is 1. The number of sulfone groups is 1. The molecule has 1 aromatic heterocycles. The summed E-state index contributed by atoms with van der Waals surface area (Å²) in [5, 5.41) is 8.03. The Morgan fingerprint density at radius 3 is 2.80 bits per heavy atom. The molecule has 2 unspecified atom stereocenters. The maximum atomic E-state index is 12.3. The van der Waals surface area contributed by atoms with Gasteiger partial charge >= 0.3 is 0 Å². The molecule has 0 aliphatic carbocycles. The molecule has 2 rings (SSSR count). The summed E-state index contributed by atoms with van der Waals surface area (Å²) in [5.74, 6) is 0.150. The number of carbonyl (C=O) groups is 1. The Bertz CT molecular complexity index is 599. The second-order valence-electron chi connectivity index (χ2n) is 4.99. The minimum Gasteiger partial charge on any atom is -0.341 e. The Kier molecular flexibility index (Phi) is 4.38. The number of nitrogens with zero attached hydrogens (tertiary/aromatic N) is 4. The van der Waals surface area contributed by atoms with Crippen LogP contribution in [0.1, 0.15) is 13.3 Å². The van der Waals surface area contributed by atoms with Crippen molar-refractivity contribution in [1.29, 1.82) is 0 Å². The van der Waals surface area contributed by atoms with Crippen molar-refractivity contribution >= 4 is 27.5 Å². The summed E-state index contributed by atoms with van der Waals surface area (Å²) in [4.78, 5) is 13.9. The van der Waals surface area contributed by atoms with E-state index in [1.165, 1.54) is 11.8 Å². The predicted octanol–water partition coefficient (Wildman–Crippen LogP) is -0.0588. The molecule has 2 atom stereocenters. The van der Waals surface area contributed by atoms with Crippen LogP contribution in [0, 0.1) is 0 Å². The zero-order valence-electron chi connectivity index (χ0n) is 11.7. The first-order valence-electron chi connectivity index (χ1n) is 6.28. The van der Waals surface area contributed by atoms with Crippen molar-refractivity contribution in [1.82, 2.24) is 19.7 Å². The van der Waals surface area contributed by atoms with Crippen LogP contribution < -0.4 is 0 Å². The third-order valence-corrected chi connectivity index (χ3v) is 6.29. The molecule has 20 heavy (non-hydrogen) atoms. The molecule has 2 heterocycles. The number of carbonyl (C=O) groups excluding carboxylic acids is 1. The molecule has 1 saturated heterocycles. The Balaban J connectivity index is 1.98. The van der Waals surface area contributed by atoms with Gasteiger partial charge in [-0.15, -0.1) is 10.2 Å². The molecule has 1 aliphatic rings. The fourth-order valence-corrected chi connectivity index (χ4v) is 4.80. The Morgan fingerprint density at radius 2 is 2.30 bits per heavy atom. The molecule has 9 heteroatoms. The van der Waals surface area contributed by atoms with Crippen molar-refractivity contribution in [3.8, 4) is 0 Å². The first-order valence-corrected chi connectivity index (χ1v) is 8.98. The van der Waals surface area contributed by atoms with Gasteiger partial charge in [0.05, 0.1) is 16.8 Å². The van der Waals surface area contributed by atoms with E-state index in [2.05, 4.69) is 10.2 Å². The van der Waals surface area contributed by atoms with Crippen LogP contribution in [-0.4, -0.2) is 63.8 Å². The van der Waals surface area contributed by atoms with Crippen LogP contribution in [0.5, 0.6) is 0 Å². The number of hydrogen-bond acceptors (Lipinski definition) is 6. The van der Waals surface area contributed by atoms with Crippen LogP contribution in [0.4, 0.5) is 0 Å². The summed E-state index contributed by atoms with van der Waals surface area (Å²) in [6.45, 7) is 1.79. The molecule has 0 bridgehead atoms. The maximum absolute atomic E-state index is 12.3.